The molecule has 1 heterocycles. The fourth-order valence-corrected chi connectivity index (χ4v) is 4.97. The third kappa shape index (κ3) is 3.99. The van der Waals surface area contributed by atoms with Crippen molar-refractivity contribution < 1.29 is 17.5 Å². The summed E-state index contributed by atoms with van der Waals surface area (Å²) in [5.41, 5.74) is 1.00. The molecule has 2 aromatic rings. The Hall–Kier alpha value is -2.16. The van der Waals surface area contributed by atoms with E-state index in [9.17, 15) is 12.8 Å². The lowest BCUT2D eigenvalue weighted by Crippen LogP contribution is -2.39. The van der Waals surface area contributed by atoms with Crippen molar-refractivity contribution in [3.63, 3.8) is 0 Å². The predicted octanol–water partition coefficient (Wildman–Crippen LogP) is 3.43. The van der Waals surface area contributed by atoms with Gasteiger partial charge >= 0.3 is 10.2 Å². The summed E-state index contributed by atoms with van der Waals surface area (Å²) in [7, 11) is -2.33. The number of fused-ring (bicyclic) bond motifs is 1. The van der Waals surface area contributed by atoms with Crippen LogP contribution in [0.4, 0.5) is 21.5 Å². The number of methoxy groups -OCH3 is 1. The second-order valence-corrected chi connectivity index (χ2v) is 8.70. The zero-order valence-corrected chi connectivity index (χ0v) is 17.1. The maximum atomic E-state index is 14.4. The largest absolute Gasteiger partial charge is 0.380 e. The number of nitrogens with one attached hydrogen (secondary N) is 1. The fourth-order valence-electron chi connectivity index (χ4n) is 3.23. The Morgan fingerprint density at radius 1 is 1.04 bits per heavy atom. The molecule has 1 atom stereocenters. The van der Waals surface area contributed by atoms with E-state index in [-0.39, 0.29) is 18.3 Å². The summed E-state index contributed by atoms with van der Waals surface area (Å²) in [4.78, 5) is 0. The van der Waals surface area contributed by atoms with Gasteiger partial charge in [-0.1, -0.05) is 38.1 Å². The molecule has 0 saturated heterocycles. The number of hydrogen-bond donors (Lipinski definition) is 1. The molecule has 3 rings (SSSR count). The van der Waals surface area contributed by atoms with Gasteiger partial charge in [0.2, 0.25) is 0 Å². The minimum Gasteiger partial charge on any atom is -0.380 e. The van der Waals surface area contributed by atoms with Gasteiger partial charge in [-0.15, -0.1) is 0 Å². The minimum atomic E-state index is -3.95. The highest BCUT2D eigenvalue weighted by atomic mass is 32.2. The number of rotatable bonds is 8. The van der Waals surface area contributed by atoms with Crippen molar-refractivity contribution in [1.82, 2.24) is 5.32 Å². The molecule has 0 bridgehead atoms. The van der Waals surface area contributed by atoms with Crippen LogP contribution < -0.4 is 13.9 Å². The molecular formula is C20H26FN3O3S. The fraction of sp³-hybridized carbons (Fsp3) is 0.400. The summed E-state index contributed by atoms with van der Waals surface area (Å²) in [6.45, 7) is 4.95. The number of halogens is 1. The Morgan fingerprint density at radius 2 is 1.64 bits per heavy atom. The molecule has 1 aliphatic heterocycles. The van der Waals surface area contributed by atoms with Gasteiger partial charge in [-0.25, -0.2) is 8.70 Å². The molecule has 0 saturated carbocycles. The Bertz CT molecular complexity index is 920. The summed E-state index contributed by atoms with van der Waals surface area (Å²) in [5, 5.41) is 3.30. The van der Waals surface area contributed by atoms with Gasteiger partial charge in [0.05, 0.1) is 23.2 Å². The first-order chi connectivity index (χ1) is 13.4. The highest BCUT2D eigenvalue weighted by Gasteiger charge is 2.42. The quantitative estimate of drug-likeness (QED) is 0.728. The maximum Gasteiger partial charge on any atom is 0.331 e. The van der Waals surface area contributed by atoms with Crippen LogP contribution in [0.15, 0.2) is 48.5 Å². The van der Waals surface area contributed by atoms with E-state index in [0.29, 0.717) is 30.4 Å². The Labute approximate surface area is 166 Å². The lowest BCUT2D eigenvalue weighted by molar-refractivity contribution is 0.0950. The molecule has 6 nitrogen and oxygen atoms in total. The monoisotopic (exact) mass is 407 g/mol. The Morgan fingerprint density at radius 3 is 2.25 bits per heavy atom. The average Bonchev–Trinajstić information content (AvgIpc) is 2.88. The van der Waals surface area contributed by atoms with E-state index in [1.54, 1.807) is 37.4 Å². The summed E-state index contributed by atoms with van der Waals surface area (Å²) in [5.74, 6) is -0.585. The number of hydrogen-bond acceptors (Lipinski definition) is 4. The van der Waals surface area contributed by atoms with E-state index in [0.717, 1.165) is 4.31 Å². The number of ether oxygens (including phenoxy) is 1. The molecule has 0 fully saturated rings. The van der Waals surface area contributed by atoms with Crippen molar-refractivity contribution in [2.24, 2.45) is 0 Å². The normalized spacial score (nSPS) is 16.5. The first-order valence-corrected chi connectivity index (χ1v) is 10.7. The number of benzene rings is 2. The van der Waals surface area contributed by atoms with Gasteiger partial charge in [0.15, 0.2) is 0 Å². The first-order valence-electron chi connectivity index (χ1n) is 9.29. The molecule has 1 N–H and O–H groups in total. The summed E-state index contributed by atoms with van der Waals surface area (Å²) < 4.78 is 48.9. The number of nitrogens with zero attached hydrogens (tertiary/aromatic N) is 2. The first kappa shape index (κ1) is 20.6. The van der Waals surface area contributed by atoms with Crippen LogP contribution in [0.3, 0.4) is 0 Å². The van der Waals surface area contributed by atoms with Crippen molar-refractivity contribution in [1.29, 1.82) is 0 Å². The summed E-state index contributed by atoms with van der Waals surface area (Å²) >= 11 is 0. The Balaban J connectivity index is 1.90. The molecular weight excluding hydrogens is 381 g/mol. The molecule has 0 amide bonds. The van der Waals surface area contributed by atoms with Crippen LogP contribution in [-0.2, 0) is 14.9 Å². The van der Waals surface area contributed by atoms with Crippen LogP contribution in [0.5, 0.6) is 0 Å². The second kappa shape index (κ2) is 8.46. The topological polar surface area (TPSA) is 61.9 Å². The highest BCUT2D eigenvalue weighted by molar-refractivity contribution is 7.95. The van der Waals surface area contributed by atoms with Crippen molar-refractivity contribution in [2.45, 2.75) is 32.4 Å². The summed E-state index contributed by atoms with van der Waals surface area (Å²) in [6, 6.07) is 13.1. The van der Waals surface area contributed by atoms with Crippen LogP contribution in [0, 0.1) is 5.82 Å². The van der Waals surface area contributed by atoms with E-state index < -0.39 is 16.0 Å². The average molecular weight is 408 g/mol. The minimum absolute atomic E-state index is 0.0159. The van der Waals surface area contributed by atoms with Gasteiger partial charge in [0, 0.05) is 26.2 Å². The van der Waals surface area contributed by atoms with Gasteiger partial charge in [0.1, 0.15) is 5.82 Å². The lowest BCUT2D eigenvalue weighted by atomic mass is 10.2. The number of para-hydroxylation sites is 3. The standard InChI is InChI=1S/C20H26FN3O3S/c1-15(2)22-14-16(27-3)12-13-23-19-10-6-7-11-20(19)24(28(23,25)26)18-9-5-4-8-17(18)21/h4-11,15-16,22H,12-14H2,1-3H3/t16-/m0/s1. The predicted molar refractivity (Wildman–Crippen MR) is 110 cm³/mol. The van der Waals surface area contributed by atoms with Crippen molar-refractivity contribution >= 4 is 27.3 Å². The lowest BCUT2D eigenvalue weighted by Gasteiger charge is -2.24. The summed E-state index contributed by atoms with van der Waals surface area (Å²) in [6.07, 6.45) is 0.377. The maximum absolute atomic E-state index is 14.4. The van der Waals surface area contributed by atoms with E-state index in [1.807, 2.05) is 13.8 Å². The molecule has 28 heavy (non-hydrogen) atoms. The van der Waals surface area contributed by atoms with Gasteiger partial charge in [-0.3, -0.25) is 4.31 Å². The van der Waals surface area contributed by atoms with Crippen LogP contribution in [0.25, 0.3) is 0 Å². The van der Waals surface area contributed by atoms with E-state index in [4.69, 9.17) is 4.74 Å². The molecule has 2 aromatic carbocycles. The third-order valence-corrected chi connectivity index (χ3v) is 6.48. The molecule has 152 valence electrons. The third-order valence-electron chi connectivity index (χ3n) is 4.69. The van der Waals surface area contributed by atoms with Crippen LogP contribution in [-0.4, -0.2) is 40.8 Å². The van der Waals surface area contributed by atoms with E-state index >= 15 is 0 Å². The molecule has 0 radical (unpaired) electrons. The molecule has 1 aliphatic rings. The highest BCUT2D eigenvalue weighted by Crippen LogP contribution is 2.45. The van der Waals surface area contributed by atoms with Crippen molar-refractivity contribution in [2.75, 3.05) is 28.8 Å². The Kier molecular flexibility index (Phi) is 6.22. The smallest absolute Gasteiger partial charge is 0.331 e. The molecule has 0 unspecified atom stereocenters. The number of anilines is 3. The van der Waals surface area contributed by atoms with Crippen LogP contribution in [0.2, 0.25) is 0 Å². The van der Waals surface area contributed by atoms with E-state index in [1.165, 1.54) is 22.5 Å². The van der Waals surface area contributed by atoms with Crippen molar-refractivity contribution in [3.8, 4) is 0 Å². The zero-order chi connectivity index (χ0) is 20.3. The van der Waals surface area contributed by atoms with Gasteiger partial charge in [-0.2, -0.15) is 8.42 Å². The van der Waals surface area contributed by atoms with Gasteiger partial charge < -0.3 is 10.1 Å². The van der Waals surface area contributed by atoms with Gasteiger partial charge in [-0.05, 0) is 30.7 Å². The second-order valence-electron chi connectivity index (χ2n) is 6.99. The SMILES string of the molecule is CO[C@@H](CCN1c2ccccc2N(c2ccccc2F)S1(=O)=O)CNC(C)C. The molecule has 0 aliphatic carbocycles. The zero-order valence-electron chi connectivity index (χ0n) is 16.3. The molecule has 8 heteroatoms. The van der Waals surface area contributed by atoms with Crippen molar-refractivity contribution in [3.05, 3.63) is 54.3 Å². The van der Waals surface area contributed by atoms with Crippen LogP contribution >= 0.6 is 0 Å². The van der Waals surface area contributed by atoms with Crippen LogP contribution in [0.1, 0.15) is 20.3 Å². The van der Waals surface area contributed by atoms with E-state index in [2.05, 4.69) is 5.32 Å². The molecule has 0 spiro atoms. The molecule has 0 aromatic heterocycles. The van der Waals surface area contributed by atoms with Gasteiger partial charge in [0.25, 0.3) is 0 Å².